The maximum absolute atomic E-state index is 11.2. The third-order valence-electron chi connectivity index (χ3n) is 2.71. The van der Waals surface area contributed by atoms with E-state index >= 15 is 0 Å². The van der Waals surface area contributed by atoms with E-state index in [0.29, 0.717) is 5.56 Å². The van der Waals surface area contributed by atoms with Gasteiger partial charge in [0.2, 0.25) is 0 Å². The van der Waals surface area contributed by atoms with E-state index in [2.05, 4.69) is 29.7 Å². The summed E-state index contributed by atoms with van der Waals surface area (Å²) in [7, 11) is 0. The molecule has 126 valence electrons. The summed E-state index contributed by atoms with van der Waals surface area (Å²) in [6, 6.07) is 16.4. The van der Waals surface area contributed by atoms with Crippen LogP contribution in [0.4, 0.5) is 16.9 Å². The van der Waals surface area contributed by atoms with Crippen LogP contribution in [0.1, 0.15) is 24.1 Å². The molecular formula is C14H13F6N2Sb. The Bertz CT molecular complexity index is 679. The molecule has 2 aromatic rings. The normalized spacial score (nSPS) is 15.2. The first kappa shape index (κ1) is 19.3. The predicted molar refractivity (Wildman–Crippen MR) is 74.0 cm³/mol. The zero-order valence-electron chi connectivity index (χ0n) is 11.9. The van der Waals surface area contributed by atoms with E-state index in [9.17, 15) is 16.9 Å². The molecule has 2 rings (SSSR count). The van der Waals surface area contributed by atoms with Crippen molar-refractivity contribution in [2.75, 3.05) is 0 Å². The Morgan fingerprint density at radius 2 is 1.35 bits per heavy atom. The molecule has 0 aliphatic carbocycles. The number of rotatable bonds is 2. The fraction of sp³-hybridized carbons (Fsp3) is 0.143. The summed E-state index contributed by atoms with van der Waals surface area (Å²) in [4.78, 5) is 0. The summed E-state index contributed by atoms with van der Waals surface area (Å²) in [6.07, 6.45) is 3.88. The van der Waals surface area contributed by atoms with Crippen molar-refractivity contribution in [1.82, 2.24) is 0 Å². The fourth-order valence-electron chi connectivity index (χ4n) is 1.67. The summed E-state index contributed by atoms with van der Waals surface area (Å²) >= 11 is -11.2. The van der Waals surface area contributed by atoms with Gasteiger partial charge in [-0.25, -0.2) is 0 Å². The molecule has 0 amide bonds. The Balaban J connectivity index is 0.000000322. The van der Waals surface area contributed by atoms with Crippen LogP contribution in [0.15, 0.2) is 54.9 Å². The third kappa shape index (κ3) is 9.79. The fourth-order valence-corrected chi connectivity index (χ4v) is 1.67. The molecule has 1 unspecified atom stereocenters. The molecule has 2 nitrogen and oxygen atoms in total. The molecule has 1 aromatic carbocycles. The zero-order chi connectivity index (χ0) is 17.8. The van der Waals surface area contributed by atoms with Crippen molar-refractivity contribution in [2.24, 2.45) is 0 Å². The first-order valence-corrected chi connectivity index (χ1v) is 12.1. The molecule has 1 atom stereocenters. The van der Waals surface area contributed by atoms with E-state index in [1.54, 1.807) is 0 Å². The summed E-state index contributed by atoms with van der Waals surface area (Å²) in [5.41, 5.74) is 1.95. The van der Waals surface area contributed by atoms with Gasteiger partial charge in [-0.2, -0.15) is 9.83 Å². The van der Waals surface area contributed by atoms with E-state index in [1.165, 1.54) is 5.56 Å². The van der Waals surface area contributed by atoms with Crippen molar-refractivity contribution in [3.8, 4) is 6.07 Å². The van der Waals surface area contributed by atoms with Crippen molar-refractivity contribution in [3.05, 3.63) is 66.0 Å². The van der Waals surface area contributed by atoms with E-state index in [4.69, 9.17) is 5.26 Å². The van der Waals surface area contributed by atoms with Crippen molar-refractivity contribution in [2.45, 2.75) is 13.0 Å². The molecule has 0 N–H and O–H groups in total. The summed E-state index contributed by atoms with van der Waals surface area (Å²) in [5.74, 6) is 0. The van der Waals surface area contributed by atoms with E-state index in [1.807, 2.05) is 42.7 Å². The molecule has 23 heavy (non-hydrogen) atoms. The van der Waals surface area contributed by atoms with Crippen LogP contribution in [-0.2, 0) is 0 Å². The van der Waals surface area contributed by atoms with Crippen LogP contribution in [0.3, 0.4) is 0 Å². The van der Waals surface area contributed by atoms with Crippen LogP contribution in [-0.4, -0.2) is 19.5 Å². The molecule has 0 radical (unpaired) electrons. The topological polar surface area (TPSA) is 27.7 Å². The predicted octanol–water partition coefficient (Wildman–Crippen LogP) is 4.60. The van der Waals surface area contributed by atoms with Crippen LogP contribution < -0.4 is 4.57 Å². The molecule has 0 aliphatic rings. The van der Waals surface area contributed by atoms with Gasteiger partial charge in [0, 0.05) is 24.6 Å². The molecule has 0 bridgehead atoms. The first-order valence-electron chi connectivity index (χ1n) is 6.28. The van der Waals surface area contributed by atoms with Gasteiger partial charge in [-0.15, -0.1) is 0 Å². The van der Waals surface area contributed by atoms with Gasteiger partial charge < -0.3 is 0 Å². The average Bonchev–Trinajstić information content (AvgIpc) is 2.44. The van der Waals surface area contributed by atoms with E-state index < -0.39 is 19.5 Å². The van der Waals surface area contributed by atoms with Crippen LogP contribution in [0.5, 0.6) is 0 Å². The second kappa shape index (κ2) is 6.04. The van der Waals surface area contributed by atoms with Crippen LogP contribution in [0.2, 0.25) is 0 Å². The van der Waals surface area contributed by atoms with Crippen molar-refractivity contribution >= 4 is 19.5 Å². The zero-order valence-corrected chi connectivity index (χ0v) is 14.4. The second-order valence-corrected chi connectivity index (χ2v) is 10.2. The molecule has 0 saturated heterocycles. The Hall–Kier alpha value is -1.74. The monoisotopic (exact) mass is 444 g/mol. The molecule has 1 aromatic heterocycles. The average molecular weight is 445 g/mol. The summed E-state index contributed by atoms with van der Waals surface area (Å²) < 4.78 is 61.6. The van der Waals surface area contributed by atoms with Gasteiger partial charge in [0.25, 0.3) is 0 Å². The standard InChI is InChI=1S/C14H13N2.6FH.Sb/c1-12(14-5-3-2-4-6-14)16-9-7-13(11-15)8-10-16;;;;;;;/h2-10,12H,1H3;6*1H;/q+1;;;;;;;+5/p-6. The molecule has 0 fully saturated rings. The first-order chi connectivity index (χ1) is 10.3. The Kier molecular flexibility index (Phi) is 5.07. The number of pyridine rings is 1. The molecule has 0 aliphatic heterocycles. The Morgan fingerprint density at radius 3 is 1.74 bits per heavy atom. The summed E-state index contributed by atoms with van der Waals surface area (Å²) in [6.45, 7) is 2.14. The number of hydrogen-bond donors (Lipinski definition) is 0. The van der Waals surface area contributed by atoms with Gasteiger partial charge >= 0.3 is 36.4 Å². The number of halogens is 6. The van der Waals surface area contributed by atoms with Crippen molar-refractivity contribution < 1.29 is 21.4 Å². The number of nitriles is 1. The Labute approximate surface area is 131 Å². The Morgan fingerprint density at radius 1 is 0.913 bits per heavy atom. The molecule has 0 spiro atoms. The minimum absolute atomic E-state index is 0.286. The van der Waals surface area contributed by atoms with E-state index in [0.717, 1.165) is 0 Å². The molecule has 1 heterocycles. The van der Waals surface area contributed by atoms with Gasteiger partial charge in [0.1, 0.15) is 0 Å². The quantitative estimate of drug-likeness (QED) is 0.378. The van der Waals surface area contributed by atoms with Crippen LogP contribution >= 0.6 is 0 Å². The van der Waals surface area contributed by atoms with Gasteiger partial charge in [-0.1, -0.05) is 30.3 Å². The van der Waals surface area contributed by atoms with E-state index in [-0.39, 0.29) is 6.04 Å². The van der Waals surface area contributed by atoms with Crippen molar-refractivity contribution in [3.63, 3.8) is 0 Å². The molecular weight excluding hydrogens is 432 g/mol. The van der Waals surface area contributed by atoms with Crippen molar-refractivity contribution in [1.29, 1.82) is 5.26 Å². The van der Waals surface area contributed by atoms with Gasteiger partial charge in [-0.3, -0.25) is 0 Å². The summed E-state index contributed by atoms with van der Waals surface area (Å²) in [5, 5.41) is 8.72. The van der Waals surface area contributed by atoms with Gasteiger partial charge in [0.15, 0.2) is 18.4 Å². The number of aromatic nitrogens is 1. The van der Waals surface area contributed by atoms with Crippen LogP contribution in [0, 0.1) is 11.3 Å². The molecule has 9 heteroatoms. The van der Waals surface area contributed by atoms with Gasteiger partial charge in [0.05, 0.1) is 11.6 Å². The number of benzene rings is 1. The number of hydrogen-bond acceptors (Lipinski definition) is 1. The molecule has 0 saturated carbocycles. The maximum atomic E-state index is 9.93. The number of nitrogens with zero attached hydrogens (tertiary/aromatic N) is 2. The second-order valence-electron chi connectivity index (χ2n) is 4.69. The van der Waals surface area contributed by atoms with Crippen LogP contribution in [0.25, 0.3) is 0 Å². The minimum atomic E-state index is -11.2. The van der Waals surface area contributed by atoms with Gasteiger partial charge in [-0.05, 0) is 0 Å². The SMILES string of the molecule is CC(c1ccccc1)[n+]1ccc(C#N)cc1.[F][Sb-]([F])([F])([F])([F])[F]. The third-order valence-corrected chi connectivity index (χ3v) is 2.71.